The zero-order valence-corrected chi connectivity index (χ0v) is 11.9. The predicted molar refractivity (Wildman–Crippen MR) is 80.1 cm³/mol. The third-order valence-electron chi connectivity index (χ3n) is 2.80. The molecule has 0 unspecified atom stereocenters. The zero-order chi connectivity index (χ0) is 14.7. The summed E-state index contributed by atoms with van der Waals surface area (Å²) in [6, 6.07) is 10.8. The highest BCUT2D eigenvalue weighted by molar-refractivity contribution is 6.30. The van der Waals surface area contributed by atoms with E-state index in [2.05, 4.69) is 5.32 Å². The van der Waals surface area contributed by atoms with Gasteiger partial charge in [0.25, 0.3) is 5.91 Å². The van der Waals surface area contributed by atoms with Crippen LogP contribution in [0.3, 0.4) is 0 Å². The van der Waals surface area contributed by atoms with Gasteiger partial charge in [-0.05, 0) is 42.5 Å². The van der Waals surface area contributed by atoms with Crippen molar-refractivity contribution in [3.05, 3.63) is 58.9 Å². The molecule has 0 saturated heterocycles. The molecule has 0 fully saturated rings. The van der Waals surface area contributed by atoms with Crippen molar-refractivity contribution in [2.24, 2.45) is 0 Å². The van der Waals surface area contributed by atoms with Crippen LogP contribution in [0.25, 0.3) is 0 Å². The lowest BCUT2D eigenvalue weighted by atomic mass is 10.2. The van der Waals surface area contributed by atoms with Gasteiger partial charge in [-0.3, -0.25) is 4.79 Å². The van der Waals surface area contributed by atoms with Gasteiger partial charge >= 0.3 is 0 Å². The maximum Gasteiger partial charge on any atom is 0.255 e. The topological polar surface area (TPSA) is 32.3 Å². The predicted octanol–water partition coefficient (Wildman–Crippen LogP) is 3.80. The van der Waals surface area contributed by atoms with E-state index in [0.29, 0.717) is 16.3 Å². The van der Waals surface area contributed by atoms with Crippen LogP contribution < -0.4 is 10.2 Å². The molecule has 3 nitrogen and oxygen atoms in total. The monoisotopic (exact) mass is 292 g/mol. The van der Waals surface area contributed by atoms with Gasteiger partial charge in [-0.15, -0.1) is 0 Å². The van der Waals surface area contributed by atoms with Gasteiger partial charge in [-0.1, -0.05) is 11.6 Å². The number of benzene rings is 2. The Hall–Kier alpha value is -2.07. The number of amides is 1. The zero-order valence-electron chi connectivity index (χ0n) is 11.2. The van der Waals surface area contributed by atoms with E-state index in [0.717, 1.165) is 5.69 Å². The van der Waals surface area contributed by atoms with E-state index >= 15 is 0 Å². The first-order valence-corrected chi connectivity index (χ1v) is 6.39. The number of nitrogens with one attached hydrogen (secondary N) is 1. The van der Waals surface area contributed by atoms with Crippen LogP contribution in [0.15, 0.2) is 42.5 Å². The molecule has 1 N–H and O–H groups in total. The second-order valence-electron chi connectivity index (χ2n) is 4.52. The Kier molecular flexibility index (Phi) is 4.25. The van der Waals surface area contributed by atoms with Crippen molar-refractivity contribution in [3.8, 4) is 0 Å². The molecule has 0 radical (unpaired) electrons. The summed E-state index contributed by atoms with van der Waals surface area (Å²) in [5, 5.41) is 3.26. The fraction of sp³-hybridized carbons (Fsp3) is 0.133. The SMILES string of the molecule is CN(C)c1ccc(F)cc1NC(=O)c1ccc(Cl)cc1. The molecule has 0 aromatic heterocycles. The Morgan fingerprint density at radius 3 is 2.40 bits per heavy atom. The van der Waals surface area contributed by atoms with Crippen molar-refractivity contribution in [3.63, 3.8) is 0 Å². The van der Waals surface area contributed by atoms with Gasteiger partial charge in [0, 0.05) is 24.7 Å². The van der Waals surface area contributed by atoms with Crippen molar-refractivity contribution in [2.45, 2.75) is 0 Å². The van der Waals surface area contributed by atoms with Gasteiger partial charge in [0.15, 0.2) is 0 Å². The summed E-state index contributed by atoms with van der Waals surface area (Å²) in [7, 11) is 3.65. The number of nitrogens with zero attached hydrogens (tertiary/aromatic N) is 1. The summed E-state index contributed by atoms with van der Waals surface area (Å²) < 4.78 is 13.3. The van der Waals surface area contributed by atoms with Crippen molar-refractivity contribution in [1.82, 2.24) is 0 Å². The smallest absolute Gasteiger partial charge is 0.255 e. The maximum atomic E-state index is 13.3. The molecular formula is C15H14ClFN2O. The summed E-state index contributed by atoms with van der Waals surface area (Å²) in [6.07, 6.45) is 0. The number of hydrogen-bond acceptors (Lipinski definition) is 2. The summed E-state index contributed by atoms with van der Waals surface area (Å²) in [5.74, 6) is -0.711. The molecule has 20 heavy (non-hydrogen) atoms. The summed E-state index contributed by atoms with van der Waals surface area (Å²) in [5.41, 5.74) is 1.62. The summed E-state index contributed by atoms with van der Waals surface area (Å²) in [4.78, 5) is 13.9. The van der Waals surface area contributed by atoms with Crippen LogP contribution in [0.5, 0.6) is 0 Å². The summed E-state index contributed by atoms with van der Waals surface area (Å²) in [6.45, 7) is 0. The van der Waals surface area contributed by atoms with Gasteiger partial charge in [0.1, 0.15) is 5.82 Å². The van der Waals surface area contributed by atoms with Crippen molar-refractivity contribution in [1.29, 1.82) is 0 Å². The molecule has 2 rings (SSSR count). The van der Waals surface area contributed by atoms with Crippen LogP contribution in [-0.2, 0) is 0 Å². The van der Waals surface area contributed by atoms with E-state index in [-0.39, 0.29) is 5.91 Å². The summed E-state index contributed by atoms with van der Waals surface area (Å²) >= 11 is 5.78. The van der Waals surface area contributed by atoms with E-state index < -0.39 is 5.82 Å². The Balaban J connectivity index is 2.27. The normalized spacial score (nSPS) is 10.2. The van der Waals surface area contributed by atoms with Crippen LogP contribution in [0, 0.1) is 5.82 Å². The van der Waals surface area contributed by atoms with Crippen molar-refractivity contribution in [2.75, 3.05) is 24.3 Å². The van der Waals surface area contributed by atoms with Crippen LogP contribution >= 0.6 is 11.6 Å². The van der Waals surface area contributed by atoms with E-state index in [1.807, 2.05) is 14.1 Å². The molecule has 1 amide bonds. The van der Waals surface area contributed by atoms with Gasteiger partial charge < -0.3 is 10.2 Å². The molecule has 0 saturated carbocycles. The third-order valence-corrected chi connectivity index (χ3v) is 3.05. The minimum Gasteiger partial charge on any atom is -0.376 e. The second-order valence-corrected chi connectivity index (χ2v) is 4.95. The highest BCUT2D eigenvalue weighted by Crippen LogP contribution is 2.25. The van der Waals surface area contributed by atoms with Crippen molar-refractivity contribution >= 4 is 28.9 Å². The van der Waals surface area contributed by atoms with Gasteiger partial charge in [0.2, 0.25) is 0 Å². The Bertz CT molecular complexity index is 626. The lowest BCUT2D eigenvalue weighted by molar-refractivity contribution is 0.102. The number of carbonyl (C=O) groups is 1. The third kappa shape index (κ3) is 3.27. The highest BCUT2D eigenvalue weighted by atomic mass is 35.5. The van der Waals surface area contributed by atoms with E-state index in [4.69, 9.17) is 11.6 Å². The number of anilines is 2. The van der Waals surface area contributed by atoms with E-state index in [1.165, 1.54) is 12.1 Å². The first-order chi connectivity index (χ1) is 9.47. The molecule has 0 atom stereocenters. The van der Waals surface area contributed by atoms with Crippen LogP contribution in [0.2, 0.25) is 5.02 Å². The maximum absolute atomic E-state index is 13.3. The highest BCUT2D eigenvalue weighted by Gasteiger charge is 2.11. The van der Waals surface area contributed by atoms with Crippen molar-refractivity contribution < 1.29 is 9.18 Å². The number of hydrogen-bond donors (Lipinski definition) is 1. The van der Waals surface area contributed by atoms with E-state index in [1.54, 1.807) is 35.2 Å². The lowest BCUT2D eigenvalue weighted by Crippen LogP contribution is -2.16. The molecule has 0 aliphatic heterocycles. The largest absolute Gasteiger partial charge is 0.376 e. The van der Waals surface area contributed by atoms with Gasteiger partial charge in [-0.25, -0.2) is 4.39 Å². The Labute approximate surface area is 122 Å². The van der Waals surface area contributed by atoms with Crippen LogP contribution in [0.4, 0.5) is 15.8 Å². The molecule has 2 aromatic carbocycles. The second kappa shape index (κ2) is 5.92. The van der Waals surface area contributed by atoms with Gasteiger partial charge in [-0.2, -0.15) is 0 Å². The molecule has 2 aromatic rings. The van der Waals surface area contributed by atoms with E-state index in [9.17, 15) is 9.18 Å². The average Bonchev–Trinajstić information content (AvgIpc) is 2.39. The first-order valence-electron chi connectivity index (χ1n) is 6.01. The molecular weight excluding hydrogens is 279 g/mol. The minimum atomic E-state index is -0.401. The molecule has 5 heteroatoms. The molecule has 0 aliphatic carbocycles. The number of halogens is 2. The quantitative estimate of drug-likeness (QED) is 0.933. The van der Waals surface area contributed by atoms with Crippen LogP contribution in [-0.4, -0.2) is 20.0 Å². The number of carbonyl (C=O) groups excluding carboxylic acids is 1. The molecule has 104 valence electrons. The minimum absolute atomic E-state index is 0.310. The molecule has 0 bridgehead atoms. The molecule has 0 heterocycles. The fourth-order valence-electron chi connectivity index (χ4n) is 1.79. The Morgan fingerprint density at radius 2 is 1.80 bits per heavy atom. The standard InChI is InChI=1S/C15H14ClFN2O/c1-19(2)14-8-7-12(17)9-13(14)18-15(20)10-3-5-11(16)6-4-10/h3-9H,1-2H3,(H,18,20). The Morgan fingerprint density at radius 1 is 1.15 bits per heavy atom. The van der Waals surface area contributed by atoms with Gasteiger partial charge in [0.05, 0.1) is 11.4 Å². The van der Waals surface area contributed by atoms with Crippen LogP contribution in [0.1, 0.15) is 10.4 Å². The fourth-order valence-corrected chi connectivity index (χ4v) is 1.92. The lowest BCUT2D eigenvalue weighted by Gasteiger charge is -2.18. The first kappa shape index (κ1) is 14.3. The molecule has 0 aliphatic rings. The number of rotatable bonds is 3. The average molecular weight is 293 g/mol. The molecule has 0 spiro atoms.